The van der Waals surface area contributed by atoms with Gasteiger partial charge in [0.25, 0.3) is 0 Å². The molecule has 1 fully saturated rings. The SMILES string of the molecule is CC[CH]CCCC1CC1. The summed E-state index contributed by atoms with van der Waals surface area (Å²) in [6.07, 6.45) is 11.0. The van der Waals surface area contributed by atoms with Crippen molar-refractivity contribution < 1.29 is 0 Å². The van der Waals surface area contributed by atoms with E-state index in [2.05, 4.69) is 13.3 Å². The van der Waals surface area contributed by atoms with Crippen LogP contribution in [0.15, 0.2) is 0 Å². The maximum atomic E-state index is 2.39. The van der Waals surface area contributed by atoms with Crippen LogP contribution in [-0.4, -0.2) is 0 Å². The minimum atomic E-state index is 1.13. The first-order valence-electron chi connectivity index (χ1n) is 4.25. The van der Waals surface area contributed by atoms with Crippen molar-refractivity contribution in [3.63, 3.8) is 0 Å². The zero-order chi connectivity index (χ0) is 6.53. The molecule has 0 N–H and O–H groups in total. The first-order valence-corrected chi connectivity index (χ1v) is 4.25. The summed E-state index contributed by atoms with van der Waals surface area (Å²) < 4.78 is 0. The Morgan fingerprint density at radius 3 is 2.78 bits per heavy atom. The molecule has 1 aliphatic carbocycles. The summed E-state index contributed by atoms with van der Waals surface area (Å²) in [5.41, 5.74) is 0. The Morgan fingerprint density at radius 2 is 2.22 bits per heavy atom. The Kier molecular flexibility index (Phi) is 3.10. The molecule has 1 aliphatic rings. The molecule has 0 heterocycles. The Labute approximate surface area is 58.7 Å². The molecule has 0 saturated heterocycles. The molecule has 0 bridgehead atoms. The molecule has 1 saturated carbocycles. The van der Waals surface area contributed by atoms with E-state index >= 15 is 0 Å². The summed E-state index contributed by atoms with van der Waals surface area (Å²) in [7, 11) is 0. The van der Waals surface area contributed by atoms with Crippen molar-refractivity contribution in [3.05, 3.63) is 6.42 Å². The second-order valence-corrected chi connectivity index (χ2v) is 3.07. The van der Waals surface area contributed by atoms with Crippen molar-refractivity contribution >= 4 is 0 Å². The summed E-state index contributed by atoms with van der Waals surface area (Å²) in [5.74, 6) is 1.13. The van der Waals surface area contributed by atoms with Crippen molar-refractivity contribution in [3.8, 4) is 0 Å². The minimum Gasteiger partial charge on any atom is -0.0651 e. The first-order chi connectivity index (χ1) is 4.43. The van der Waals surface area contributed by atoms with Gasteiger partial charge >= 0.3 is 0 Å². The molecule has 0 aromatic heterocycles. The molecule has 1 radical (unpaired) electrons. The van der Waals surface area contributed by atoms with E-state index in [1.807, 2.05) is 0 Å². The van der Waals surface area contributed by atoms with Crippen LogP contribution in [0.5, 0.6) is 0 Å². The number of unbranched alkanes of at least 4 members (excludes halogenated alkanes) is 3. The molecule has 53 valence electrons. The quantitative estimate of drug-likeness (QED) is 0.495. The van der Waals surface area contributed by atoms with E-state index in [-0.39, 0.29) is 0 Å². The van der Waals surface area contributed by atoms with Crippen LogP contribution in [0.2, 0.25) is 0 Å². The molecular weight excluding hydrogens is 108 g/mol. The number of rotatable bonds is 5. The van der Waals surface area contributed by atoms with Gasteiger partial charge in [-0.05, 0) is 12.3 Å². The van der Waals surface area contributed by atoms with Crippen molar-refractivity contribution in [1.82, 2.24) is 0 Å². The van der Waals surface area contributed by atoms with Crippen LogP contribution in [0.3, 0.4) is 0 Å². The molecule has 0 aromatic carbocycles. The normalized spacial score (nSPS) is 18.3. The van der Waals surface area contributed by atoms with Gasteiger partial charge in [0.2, 0.25) is 0 Å². The second kappa shape index (κ2) is 3.92. The Morgan fingerprint density at radius 1 is 1.44 bits per heavy atom. The average Bonchev–Trinajstić information content (AvgIpc) is 2.63. The lowest BCUT2D eigenvalue weighted by Gasteiger charge is -1.94. The molecule has 0 nitrogen and oxygen atoms in total. The zero-order valence-corrected chi connectivity index (χ0v) is 6.40. The lowest BCUT2D eigenvalue weighted by molar-refractivity contribution is 0.653. The van der Waals surface area contributed by atoms with Gasteiger partial charge in [-0.3, -0.25) is 0 Å². The van der Waals surface area contributed by atoms with Crippen LogP contribution >= 0.6 is 0 Å². The first kappa shape index (κ1) is 7.11. The largest absolute Gasteiger partial charge is 0.0651 e. The highest BCUT2D eigenvalue weighted by Crippen LogP contribution is 2.33. The number of hydrogen-bond donors (Lipinski definition) is 0. The van der Waals surface area contributed by atoms with Gasteiger partial charge in [0, 0.05) is 0 Å². The van der Waals surface area contributed by atoms with Crippen molar-refractivity contribution in [2.75, 3.05) is 0 Å². The average molecular weight is 125 g/mol. The zero-order valence-electron chi connectivity index (χ0n) is 6.40. The standard InChI is InChI=1S/C9H17/c1-2-3-4-5-6-9-7-8-9/h3,9H,2,4-8H2,1H3. The van der Waals surface area contributed by atoms with E-state index in [1.165, 1.54) is 38.5 Å². The lowest BCUT2D eigenvalue weighted by Crippen LogP contribution is -1.78. The van der Waals surface area contributed by atoms with Crippen molar-refractivity contribution in [2.24, 2.45) is 5.92 Å². The van der Waals surface area contributed by atoms with Crippen LogP contribution in [0.25, 0.3) is 0 Å². The Balaban J connectivity index is 1.71. The van der Waals surface area contributed by atoms with E-state index in [4.69, 9.17) is 0 Å². The summed E-state index contributed by atoms with van der Waals surface area (Å²) in [4.78, 5) is 0. The summed E-state index contributed by atoms with van der Waals surface area (Å²) in [5, 5.41) is 0. The molecule has 0 atom stereocenters. The summed E-state index contributed by atoms with van der Waals surface area (Å²) in [6, 6.07) is 0. The van der Waals surface area contributed by atoms with Crippen LogP contribution in [0.1, 0.15) is 45.4 Å². The van der Waals surface area contributed by atoms with Crippen LogP contribution < -0.4 is 0 Å². The molecule has 9 heavy (non-hydrogen) atoms. The van der Waals surface area contributed by atoms with Gasteiger partial charge < -0.3 is 0 Å². The summed E-state index contributed by atoms with van der Waals surface area (Å²) in [6.45, 7) is 2.22. The monoisotopic (exact) mass is 125 g/mol. The van der Waals surface area contributed by atoms with Gasteiger partial charge in [0.05, 0.1) is 0 Å². The lowest BCUT2D eigenvalue weighted by atomic mass is 10.1. The predicted molar refractivity (Wildman–Crippen MR) is 41.2 cm³/mol. The van der Waals surface area contributed by atoms with Gasteiger partial charge in [-0.1, -0.05) is 45.4 Å². The van der Waals surface area contributed by atoms with Crippen LogP contribution in [0, 0.1) is 12.3 Å². The molecule has 0 aromatic rings. The third-order valence-electron chi connectivity index (χ3n) is 2.01. The van der Waals surface area contributed by atoms with E-state index in [0.29, 0.717) is 0 Å². The van der Waals surface area contributed by atoms with Gasteiger partial charge in [0.1, 0.15) is 0 Å². The molecule has 0 amide bonds. The molecule has 1 rings (SSSR count). The van der Waals surface area contributed by atoms with Gasteiger partial charge in [-0.2, -0.15) is 0 Å². The van der Waals surface area contributed by atoms with Crippen LogP contribution in [0.4, 0.5) is 0 Å². The maximum Gasteiger partial charge on any atom is -0.0389 e. The molecule has 0 heteroatoms. The molecule has 0 aliphatic heterocycles. The fourth-order valence-corrected chi connectivity index (χ4v) is 1.16. The second-order valence-electron chi connectivity index (χ2n) is 3.07. The third kappa shape index (κ3) is 3.56. The van der Waals surface area contributed by atoms with E-state index < -0.39 is 0 Å². The highest BCUT2D eigenvalue weighted by Gasteiger charge is 2.19. The van der Waals surface area contributed by atoms with Gasteiger partial charge in [-0.15, -0.1) is 0 Å². The van der Waals surface area contributed by atoms with E-state index in [9.17, 15) is 0 Å². The van der Waals surface area contributed by atoms with Gasteiger partial charge in [0.15, 0.2) is 0 Å². The van der Waals surface area contributed by atoms with E-state index in [1.54, 1.807) is 0 Å². The maximum absolute atomic E-state index is 2.39. The van der Waals surface area contributed by atoms with Crippen LogP contribution in [-0.2, 0) is 0 Å². The highest BCUT2D eigenvalue weighted by atomic mass is 14.2. The molecular formula is C9H17. The highest BCUT2D eigenvalue weighted by molar-refractivity contribution is 4.74. The Hall–Kier alpha value is 0. The van der Waals surface area contributed by atoms with Gasteiger partial charge in [-0.25, -0.2) is 0 Å². The third-order valence-corrected chi connectivity index (χ3v) is 2.01. The Bertz CT molecular complexity index is 62.4. The summed E-state index contributed by atoms with van der Waals surface area (Å²) >= 11 is 0. The molecule has 0 spiro atoms. The smallest absolute Gasteiger partial charge is 0.0389 e. The topological polar surface area (TPSA) is 0 Å². The number of hydrogen-bond acceptors (Lipinski definition) is 0. The fourth-order valence-electron chi connectivity index (χ4n) is 1.16. The van der Waals surface area contributed by atoms with Crippen molar-refractivity contribution in [2.45, 2.75) is 45.4 Å². The van der Waals surface area contributed by atoms with Crippen molar-refractivity contribution in [1.29, 1.82) is 0 Å². The van der Waals surface area contributed by atoms with E-state index in [0.717, 1.165) is 5.92 Å². The predicted octanol–water partition coefficient (Wildman–Crippen LogP) is 3.18. The molecule has 0 unspecified atom stereocenters. The fraction of sp³-hybridized carbons (Fsp3) is 0.889. The minimum absolute atomic E-state index is 1.13.